The summed E-state index contributed by atoms with van der Waals surface area (Å²) < 4.78 is 0. The third-order valence-electron chi connectivity index (χ3n) is 2.59. The second kappa shape index (κ2) is 6.23. The Bertz CT molecular complexity index is 326. The number of likely N-dealkylation sites (N-methyl/N-ethyl adjacent to an activating group) is 1. The number of carbonyl (C=O) groups is 1. The lowest BCUT2D eigenvalue weighted by atomic mass is 10.2. The molecule has 1 aromatic rings. The van der Waals surface area contributed by atoms with Crippen molar-refractivity contribution in [2.45, 2.75) is 19.9 Å². The zero-order valence-electron chi connectivity index (χ0n) is 10.1. The molecule has 88 valence electrons. The van der Waals surface area contributed by atoms with Gasteiger partial charge in [0, 0.05) is 25.8 Å². The fourth-order valence-corrected chi connectivity index (χ4v) is 1.29. The lowest BCUT2D eigenvalue weighted by Gasteiger charge is -2.17. The van der Waals surface area contributed by atoms with E-state index in [1.54, 1.807) is 18.1 Å². The molecule has 1 unspecified atom stereocenters. The van der Waals surface area contributed by atoms with Crippen LogP contribution in [0, 0.1) is 0 Å². The fourth-order valence-electron chi connectivity index (χ4n) is 1.29. The molecular weight excluding hydrogens is 202 g/mol. The fraction of sp³-hybridized carbons (Fsp3) is 0.500. The van der Waals surface area contributed by atoms with Crippen LogP contribution in [0.3, 0.4) is 0 Å². The van der Waals surface area contributed by atoms with Crippen molar-refractivity contribution in [1.29, 1.82) is 0 Å². The first kappa shape index (κ1) is 12.6. The highest BCUT2D eigenvalue weighted by molar-refractivity contribution is 5.77. The summed E-state index contributed by atoms with van der Waals surface area (Å²) in [5.41, 5.74) is 0.953. The van der Waals surface area contributed by atoms with Gasteiger partial charge in [0.1, 0.15) is 0 Å². The summed E-state index contributed by atoms with van der Waals surface area (Å²) in [7, 11) is 1.80. The molecule has 0 saturated heterocycles. The average molecular weight is 221 g/mol. The molecule has 0 aliphatic heterocycles. The van der Waals surface area contributed by atoms with E-state index < -0.39 is 0 Å². The van der Waals surface area contributed by atoms with Crippen molar-refractivity contribution in [1.82, 2.24) is 15.2 Å². The van der Waals surface area contributed by atoms with Crippen LogP contribution in [0.25, 0.3) is 0 Å². The number of hydrogen-bond donors (Lipinski definition) is 1. The molecule has 16 heavy (non-hydrogen) atoms. The molecule has 1 N–H and O–H groups in total. The van der Waals surface area contributed by atoms with Crippen molar-refractivity contribution in [3.63, 3.8) is 0 Å². The number of aromatic nitrogens is 1. The lowest BCUT2D eigenvalue weighted by molar-refractivity contribution is -0.128. The number of nitrogens with one attached hydrogen (secondary N) is 1. The Labute approximate surface area is 96.7 Å². The van der Waals surface area contributed by atoms with Crippen LogP contribution >= 0.6 is 0 Å². The van der Waals surface area contributed by atoms with Crippen LogP contribution in [0.5, 0.6) is 0 Å². The molecule has 1 aromatic heterocycles. The van der Waals surface area contributed by atoms with Crippen molar-refractivity contribution in [3.05, 3.63) is 30.1 Å². The maximum atomic E-state index is 11.6. The predicted octanol–water partition coefficient (Wildman–Crippen LogP) is 1.21. The number of nitrogens with zero attached hydrogens (tertiary/aromatic N) is 2. The van der Waals surface area contributed by atoms with Gasteiger partial charge in [-0.2, -0.15) is 0 Å². The Morgan fingerprint density at radius 3 is 2.88 bits per heavy atom. The number of pyridine rings is 1. The summed E-state index contributed by atoms with van der Waals surface area (Å²) in [6.45, 7) is 5.04. The SMILES string of the molecule is CCN(C)C(=O)CNC(C)c1ccccn1. The highest BCUT2D eigenvalue weighted by Gasteiger charge is 2.10. The zero-order chi connectivity index (χ0) is 12.0. The van der Waals surface area contributed by atoms with E-state index >= 15 is 0 Å². The van der Waals surface area contributed by atoms with Crippen LogP contribution in [-0.2, 0) is 4.79 Å². The molecule has 0 aliphatic rings. The lowest BCUT2D eigenvalue weighted by Crippen LogP contribution is -2.36. The Balaban J connectivity index is 2.42. The summed E-state index contributed by atoms with van der Waals surface area (Å²) >= 11 is 0. The van der Waals surface area contributed by atoms with E-state index in [0.29, 0.717) is 6.54 Å². The predicted molar refractivity (Wildman–Crippen MR) is 64.0 cm³/mol. The molecule has 0 radical (unpaired) electrons. The van der Waals surface area contributed by atoms with Crippen LogP contribution in [0.1, 0.15) is 25.6 Å². The van der Waals surface area contributed by atoms with Crippen molar-refractivity contribution >= 4 is 5.91 Å². The van der Waals surface area contributed by atoms with E-state index in [2.05, 4.69) is 10.3 Å². The summed E-state index contributed by atoms with van der Waals surface area (Å²) in [6.07, 6.45) is 1.76. The summed E-state index contributed by atoms with van der Waals surface area (Å²) in [6, 6.07) is 5.87. The summed E-state index contributed by atoms with van der Waals surface area (Å²) in [5, 5.41) is 3.16. The Hall–Kier alpha value is -1.42. The van der Waals surface area contributed by atoms with Gasteiger partial charge in [-0.1, -0.05) is 6.07 Å². The van der Waals surface area contributed by atoms with Crippen LogP contribution in [0.2, 0.25) is 0 Å². The smallest absolute Gasteiger partial charge is 0.236 e. The highest BCUT2D eigenvalue weighted by atomic mass is 16.2. The summed E-state index contributed by atoms with van der Waals surface area (Å²) in [5.74, 6) is 0.102. The Kier molecular flexibility index (Phi) is 4.92. The van der Waals surface area contributed by atoms with Gasteiger partial charge in [-0.05, 0) is 26.0 Å². The standard InChI is InChI=1S/C12H19N3O/c1-4-15(3)12(16)9-14-10(2)11-7-5-6-8-13-11/h5-8,10,14H,4,9H2,1-3H3. The molecule has 1 rings (SSSR count). The average Bonchev–Trinajstić information content (AvgIpc) is 2.35. The first-order chi connectivity index (χ1) is 7.65. The Morgan fingerprint density at radius 1 is 1.56 bits per heavy atom. The van der Waals surface area contributed by atoms with Crippen molar-refractivity contribution in [3.8, 4) is 0 Å². The number of amides is 1. The third kappa shape index (κ3) is 3.62. The van der Waals surface area contributed by atoms with E-state index in [-0.39, 0.29) is 11.9 Å². The van der Waals surface area contributed by atoms with Crippen LogP contribution in [0.15, 0.2) is 24.4 Å². The maximum absolute atomic E-state index is 11.6. The van der Waals surface area contributed by atoms with Gasteiger partial charge in [0.25, 0.3) is 0 Å². The van der Waals surface area contributed by atoms with Crippen LogP contribution in [0.4, 0.5) is 0 Å². The van der Waals surface area contributed by atoms with Gasteiger partial charge in [-0.15, -0.1) is 0 Å². The van der Waals surface area contributed by atoms with Crippen molar-refractivity contribution < 1.29 is 4.79 Å². The molecule has 0 aliphatic carbocycles. The van der Waals surface area contributed by atoms with Crippen molar-refractivity contribution in [2.24, 2.45) is 0 Å². The number of carbonyl (C=O) groups excluding carboxylic acids is 1. The molecule has 0 bridgehead atoms. The number of hydrogen-bond acceptors (Lipinski definition) is 3. The van der Waals surface area contributed by atoms with Crippen LogP contribution in [-0.4, -0.2) is 35.9 Å². The maximum Gasteiger partial charge on any atom is 0.236 e. The largest absolute Gasteiger partial charge is 0.345 e. The molecule has 1 atom stereocenters. The van der Waals surface area contributed by atoms with E-state index in [9.17, 15) is 4.79 Å². The first-order valence-electron chi connectivity index (χ1n) is 5.53. The minimum atomic E-state index is 0.0930. The molecule has 4 heteroatoms. The molecule has 4 nitrogen and oxygen atoms in total. The van der Waals surface area contributed by atoms with E-state index in [0.717, 1.165) is 12.2 Å². The van der Waals surface area contributed by atoms with E-state index in [1.165, 1.54) is 0 Å². The Morgan fingerprint density at radius 2 is 2.31 bits per heavy atom. The van der Waals surface area contributed by atoms with Gasteiger partial charge in [-0.25, -0.2) is 0 Å². The molecule has 0 fully saturated rings. The molecule has 0 spiro atoms. The van der Waals surface area contributed by atoms with Gasteiger partial charge >= 0.3 is 0 Å². The van der Waals surface area contributed by atoms with Crippen molar-refractivity contribution in [2.75, 3.05) is 20.1 Å². The molecule has 1 heterocycles. The third-order valence-corrected chi connectivity index (χ3v) is 2.59. The zero-order valence-corrected chi connectivity index (χ0v) is 10.1. The molecule has 0 saturated carbocycles. The van der Waals surface area contributed by atoms with Gasteiger partial charge in [0.2, 0.25) is 5.91 Å². The molecular formula is C12H19N3O. The first-order valence-corrected chi connectivity index (χ1v) is 5.53. The minimum Gasteiger partial charge on any atom is -0.345 e. The molecule has 1 amide bonds. The monoisotopic (exact) mass is 221 g/mol. The highest BCUT2D eigenvalue weighted by Crippen LogP contribution is 2.06. The van der Waals surface area contributed by atoms with Gasteiger partial charge in [0.15, 0.2) is 0 Å². The second-order valence-electron chi connectivity index (χ2n) is 3.77. The normalized spacial score (nSPS) is 12.2. The topological polar surface area (TPSA) is 45.2 Å². The van der Waals surface area contributed by atoms with Gasteiger partial charge in [0.05, 0.1) is 12.2 Å². The minimum absolute atomic E-state index is 0.0930. The second-order valence-corrected chi connectivity index (χ2v) is 3.77. The quantitative estimate of drug-likeness (QED) is 0.813. The van der Waals surface area contributed by atoms with E-state index in [4.69, 9.17) is 0 Å². The number of rotatable bonds is 5. The van der Waals surface area contributed by atoms with Gasteiger partial charge < -0.3 is 10.2 Å². The summed E-state index contributed by atoms with van der Waals surface area (Å²) in [4.78, 5) is 17.5. The van der Waals surface area contributed by atoms with Crippen LogP contribution < -0.4 is 5.32 Å². The molecule has 0 aromatic carbocycles. The van der Waals surface area contributed by atoms with Gasteiger partial charge in [-0.3, -0.25) is 9.78 Å². The van der Waals surface area contributed by atoms with E-state index in [1.807, 2.05) is 32.0 Å².